The van der Waals surface area contributed by atoms with Gasteiger partial charge in [-0.2, -0.15) is 11.8 Å². The molecule has 1 saturated heterocycles. The molecule has 1 heterocycles. The maximum absolute atomic E-state index is 10.5. The zero-order chi connectivity index (χ0) is 12.4. The molecular weight excluding hydrogens is 232 g/mol. The summed E-state index contributed by atoms with van der Waals surface area (Å²) in [5.41, 5.74) is 3.29. The second kappa shape index (κ2) is 5.32. The number of aliphatic hydroxyl groups is 1. The molecule has 17 heavy (non-hydrogen) atoms. The standard InChI is InChI=1S/C14H20O2S/c1-9-6-10(2)13(12(7-9)16-3)14(15)11-4-5-17-8-11/h6-7,11,14-15H,4-5,8H2,1-3H3. The third-order valence-electron chi connectivity index (χ3n) is 3.42. The molecule has 1 N–H and O–H groups in total. The van der Waals surface area contributed by atoms with Gasteiger partial charge in [-0.25, -0.2) is 0 Å². The van der Waals surface area contributed by atoms with Crippen molar-refractivity contribution in [1.82, 2.24) is 0 Å². The Labute approximate surface area is 107 Å². The minimum Gasteiger partial charge on any atom is -0.496 e. The molecule has 0 bridgehead atoms. The van der Waals surface area contributed by atoms with E-state index in [0.29, 0.717) is 5.92 Å². The molecule has 0 aliphatic carbocycles. The fraction of sp³-hybridized carbons (Fsp3) is 0.571. The Kier molecular flexibility index (Phi) is 4.00. The van der Waals surface area contributed by atoms with Crippen LogP contribution < -0.4 is 4.74 Å². The van der Waals surface area contributed by atoms with Crippen LogP contribution in [0.5, 0.6) is 5.75 Å². The molecule has 1 aliphatic heterocycles. The van der Waals surface area contributed by atoms with Crippen LogP contribution in [-0.2, 0) is 0 Å². The summed E-state index contributed by atoms with van der Waals surface area (Å²) in [6.45, 7) is 4.10. The average Bonchev–Trinajstić information content (AvgIpc) is 2.80. The Morgan fingerprint density at radius 2 is 2.18 bits per heavy atom. The Morgan fingerprint density at radius 3 is 2.76 bits per heavy atom. The monoisotopic (exact) mass is 252 g/mol. The van der Waals surface area contributed by atoms with Crippen LogP contribution in [0.3, 0.4) is 0 Å². The predicted molar refractivity (Wildman–Crippen MR) is 72.9 cm³/mol. The lowest BCUT2D eigenvalue weighted by molar-refractivity contribution is 0.117. The number of ether oxygens (including phenoxy) is 1. The zero-order valence-corrected chi connectivity index (χ0v) is 11.5. The van der Waals surface area contributed by atoms with Crippen molar-refractivity contribution in [2.45, 2.75) is 26.4 Å². The van der Waals surface area contributed by atoms with Crippen molar-refractivity contribution < 1.29 is 9.84 Å². The van der Waals surface area contributed by atoms with Crippen molar-refractivity contribution in [1.29, 1.82) is 0 Å². The molecule has 1 aromatic rings. The second-order valence-corrected chi connectivity index (χ2v) is 5.92. The van der Waals surface area contributed by atoms with E-state index in [-0.39, 0.29) is 6.10 Å². The topological polar surface area (TPSA) is 29.5 Å². The van der Waals surface area contributed by atoms with Crippen molar-refractivity contribution in [2.75, 3.05) is 18.6 Å². The lowest BCUT2D eigenvalue weighted by atomic mass is 9.91. The van der Waals surface area contributed by atoms with Gasteiger partial charge in [0.25, 0.3) is 0 Å². The van der Waals surface area contributed by atoms with Crippen LogP contribution in [0.25, 0.3) is 0 Å². The van der Waals surface area contributed by atoms with Crippen LogP contribution in [0.15, 0.2) is 12.1 Å². The van der Waals surface area contributed by atoms with Crippen LogP contribution in [0.4, 0.5) is 0 Å². The van der Waals surface area contributed by atoms with Gasteiger partial charge >= 0.3 is 0 Å². The highest BCUT2D eigenvalue weighted by molar-refractivity contribution is 7.99. The molecule has 2 rings (SSSR count). The number of methoxy groups -OCH3 is 1. The first-order chi connectivity index (χ1) is 8.13. The van der Waals surface area contributed by atoms with E-state index in [1.165, 1.54) is 5.56 Å². The summed E-state index contributed by atoms with van der Waals surface area (Å²) in [5, 5.41) is 10.5. The Hall–Kier alpha value is -0.670. The first-order valence-corrected chi connectivity index (χ1v) is 7.20. The molecule has 94 valence electrons. The van der Waals surface area contributed by atoms with E-state index in [2.05, 4.69) is 19.9 Å². The lowest BCUT2D eigenvalue weighted by Crippen LogP contribution is -2.14. The van der Waals surface area contributed by atoms with Crippen LogP contribution in [0, 0.1) is 19.8 Å². The van der Waals surface area contributed by atoms with Crippen molar-refractivity contribution in [3.63, 3.8) is 0 Å². The molecule has 2 nitrogen and oxygen atoms in total. The van der Waals surface area contributed by atoms with E-state index < -0.39 is 0 Å². The van der Waals surface area contributed by atoms with Gasteiger partial charge in [0.1, 0.15) is 5.75 Å². The van der Waals surface area contributed by atoms with E-state index in [4.69, 9.17) is 4.74 Å². The van der Waals surface area contributed by atoms with Crippen LogP contribution in [-0.4, -0.2) is 23.7 Å². The third-order valence-corrected chi connectivity index (χ3v) is 4.61. The van der Waals surface area contributed by atoms with E-state index in [1.54, 1.807) is 7.11 Å². The molecule has 2 unspecified atom stereocenters. The Morgan fingerprint density at radius 1 is 1.41 bits per heavy atom. The minimum absolute atomic E-state index is 0.371. The molecule has 1 aromatic carbocycles. The van der Waals surface area contributed by atoms with Gasteiger partial charge in [-0.05, 0) is 54.9 Å². The molecule has 2 atom stereocenters. The quantitative estimate of drug-likeness (QED) is 0.896. The molecule has 0 amide bonds. The van der Waals surface area contributed by atoms with Crippen molar-refractivity contribution >= 4 is 11.8 Å². The minimum atomic E-state index is -0.388. The van der Waals surface area contributed by atoms with Gasteiger partial charge < -0.3 is 9.84 Å². The van der Waals surface area contributed by atoms with Gasteiger partial charge in [-0.3, -0.25) is 0 Å². The van der Waals surface area contributed by atoms with Crippen LogP contribution >= 0.6 is 11.8 Å². The number of benzene rings is 1. The maximum atomic E-state index is 10.5. The molecule has 0 aromatic heterocycles. The van der Waals surface area contributed by atoms with Gasteiger partial charge in [-0.15, -0.1) is 0 Å². The Balaban J connectivity index is 2.35. The van der Waals surface area contributed by atoms with E-state index >= 15 is 0 Å². The summed E-state index contributed by atoms with van der Waals surface area (Å²) in [7, 11) is 1.67. The van der Waals surface area contributed by atoms with E-state index in [9.17, 15) is 5.11 Å². The Bertz CT molecular complexity index is 397. The SMILES string of the molecule is COc1cc(C)cc(C)c1C(O)C1CCSC1. The summed E-state index contributed by atoms with van der Waals surface area (Å²) in [5.74, 6) is 3.41. The number of thioether (sulfide) groups is 1. The molecule has 0 radical (unpaired) electrons. The number of rotatable bonds is 3. The summed E-state index contributed by atoms with van der Waals surface area (Å²) in [4.78, 5) is 0. The summed E-state index contributed by atoms with van der Waals surface area (Å²) in [6, 6.07) is 4.12. The van der Waals surface area contributed by atoms with Crippen molar-refractivity contribution in [3.05, 3.63) is 28.8 Å². The summed E-state index contributed by atoms with van der Waals surface area (Å²) >= 11 is 1.93. The van der Waals surface area contributed by atoms with Crippen molar-refractivity contribution in [2.24, 2.45) is 5.92 Å². The maximum Gasteiger partial charge on any atom is 0.125 e. The molecular formula is C14H20O2S. The number of aliphatic hydroxyl groups excluding tert-OH is 1. The highest BCUT2D eigenvalue weighted by atomic mass is 32.2. The molecule has 0 spiro atoms. The normalized spacial score (nSPS) is 21.5. The van der Waals surface area contributed by atoms with Crippen LogP contribution in [0.1, 0.15) is 29.2 Å². The second-order valence-electron chi connectivity index (χ2n) is 4.77. The fourth-order valence-corrected chi connectivity index (χ4v) is 3.81. The average molecular weight is 252 g/mol. The molecule has 3 heteroatoms. The fourth-order valence-electron chi connectivity index (χ4n) is 2.53. The highest BCUT2D eigenvalue weighted by Crippen LogP contribution is 2.39. The zero-order valence-electron chi connectivity index (χ0n) is 10.7. The van der Waals surface area contributed by atoms with Gasteiger partial charge in [0, 0.05) is 5.56 Å². The summed E-state index contributed by atoms with van der Waals surface area (Å²) in [6.07, 6.45) is 0.711. The first-order valence-electron chi connectivity index (χ1n) is 6.04. The number of hydrogen-bond acceptors (Lipinski definition) is 3. The molecule has 0 saturated carbocycles. The van der Waals surface area contributed by atoms with Gasteiger partial charge in [0.15, 0.2) is 0 Å². The van der Waals surface area contributed by atoms with Gasteiger partial charge in [0.05, 0.1) is 13.2 Å². The van der Waals surface area contributed by atoms with E-state index in [0.717, 1.165) is 34.8 Å². The van der Waals surface area contributed by atoms with Gasteiger partial charge in [-0.1, -0.05) is 6.07 Å². The molecule has 1 fully saturated rings. The highest BCUT2D eigenvalue weighted by Gasteiger charge is 2.28. The van der Waals surface area contributed by atoms with E-state index in [1.807, 2.05) is 17.8 Å². The van der Waals surface area contributed by atoms with Crippen molar-refractivity contribution in [3.8, 4) is 5.75 Å². The number of aryl methyl sites for hydroxylation is 2. The smallest absolute Gasteiger partial charge is 0.125 e. The van der Waals surface area contributed by atoms with Gasteiger partial charge in [0.2, 0.25) is 0 Å². The third kappa shape index (κ3) is 2.61. The molecule has 1 aliphatic rings. The first kappa shape index (κ1) is 12.8. The number of hydrogen-bond donors (Lipinski definition) is 1. The van der Waals surface area contributed by atoms with Crippen LogP contribution in [0.2, 0.25) is 0 Å². The predicted octanol–water partition coefficient (Wildman–Crippen LogP) is 3.10. The summed E-state index contributed by atoms with van der Waals surface area (Å²) < 4.78 is 5.42. The lowest BCUT2D eigenvalue weighted by Gasteiger charge is -2.22. The largest absolute Gasteiger partial charge is 0.496 e.